The summed E-state index contributed by atoms with van der Waals surface area (Å²) in [6.45, 7) is 2.96. The normalized spacial score (nSPS) is 23.8. The van der Waals surface area contributed by atoms with E-state index in [9.17, 15) is 14.3 Å². The number of aliphatic hydroxyl groups is 1. The summed E-state index contributed by atoms with van der Waals surface area (Å²) in [7, 11) is 0. The van der Waals surface area contributed by atoms with Crippen molar-refractivity contribution in [3.8, 4) is 0 Å². The zero-order valence-electron chi connectivity index (χ0n) is 11.0. The van der Waals surface area contributed by atoms with E-state index in [0.717, 1.165) is 6.42 Å². The molecule has 1 aliphatic rings. The minimum Gasteiger partial charge on any atom is -0.390 e. The number of urea groups is 1. The van der Waals surface area contributed by atoms with E-state index in [1.807, 2.05) is 0 Å². The Morgan fingerprint density at radius 3 is 2.68 bits per heavy atom. The maximum Gasteiger partial charge on any atom is 0.321 e. The summed E-state index contributed by atoms with van der Waals surface area (Å²) >= 11 is 0. The minimum absolute atomic E-state index is 0.204. The van der Waals surface area contributed by atoms with Crippen LogP contribution in [0.5, 0.6) is 0 Å². The summed E-state index contributed by atoms with van der Waals surface area (Å²) in [6.07, 6.45) is 2.06. The Kier molecular flexibility index (Phi) is 4.04. The van der Waals surface area contributed by atoms with Gasteiger partial charge in [0.2, 0.25) is 0 Å². The predicted octanol–water partition coefficient (Wildman–Crippen LogP) is 2.59. The first-order valence-corrected chi connectivity index (χ1v) is 6.50. The van der Waals surface area contributed by atoms with E-state index in [-0.39, 0.29) is 11.8 Å². The number of anilines is 1. The molecule has 2 rings (SSSR count). The fourth-order valence-corrected chi connectivity index (χ4v) is 2.20. The highest BCUT2D eigenvalue weighted by molar-refractivity contribution is 5.89. The third-order valence-electron chi connectivity index (χ3n) is 3.45. The molecule has 0 radical (unpaired) electrons. The van der Waals surface area contributed by atoms with Gasteiger partial charge in [-0.1, -0.05) is 0 Å². The molecule has 1 heterocycles. The van der Waals surface area contributed by atoms with Crippen molar-refractivity contribution in [2.24, 2.45) is 0 Å². The van der Waals surface area contributed by atoms with Gasteiger partial charge in [0.05, 0.1) is 5.60 Å². The SMILES string of the molecule is CC1(O)CCCN(C(=O)Nc2ccc(F)cc2)CC1. The molecule has 104 valence electrons. The van der Waals surface area contributed by atoms with Crippen LogP contribution in [0.2, 0.25) is 0 Å². The Labute approximate surface area is 112 Å². The molecule has 0 bridgehead atoms. The van der Waals surface area contributed by atoms with Crippen LogP contribution in [0.3, 0.4) is 0 Å². The highest BCUT2D eigenvalue weighted by Crippen LogP contribution is 2.21. The lowest BCUT2D eigenvalue weighted by atomic mass is 9.98. The third-order valence-corrected chi connectivity index (χ3v) is 3.45. The largest absolute Gasteiger partial charge is 0.390 e. The summed E-state index contributed by atoms with van der Waals surface area (Å²) in [5.74, 6) is -0.330. The lowest BCUT2D eigenvalue weighted by molar-refractivity contribution is 0.0458. The molecular formula is C14H19FN2O2. The van der Waals surface area contributed by atoms with Crippen molar-refractivity contribution in [3.05, 3.63) is 30.1 Å². The maximum absolute atomic E-state index is 12.8. The van der Waals surface area contributed by atoms with Crippen molar-refractivity contribution in [3.63, 3.8) is 0 Å². The van der Waals surface area contributed by atoms with Gasteiger partial charge in [-0.3, -0.25) is 0 Å². The van der Waals surface area contributed by atoms with E-state index in [4.69, 9.17) is 0 Å². The molecule has 0 saturated carbocycles. The number of nitrogens with one attached hydrogen (secondary N) is 1. The molecule has 0 spiro atoms. The molecule has 5 heteroatoms. The van der Waals surface area contributed by atoms with Crippen LogP contribution < -0.4 is 5.32 Å². The second kappa shape index (κ2) is 5.57. The summed E-state index contributed by atoms with van der Waals surface area (Å²) in [5.41, 5.74) is -0.118. The molecule has 1 aliphatic heterocycles. The lowest BCUT2D eigenvalue weighted by Crippen LogP contribution is -2.36. The Hall–Kier alpha value is -1.62. The van der Waals surface area contributed by atoms with Crippen LogP contribution in [0.25, 0.3) is 0 Å². The van der Waals surface area contributed by atoms with Gasteiger partial charge in [0.15, 0.2) is 0 Å². The van der Waals surface area contributed by atoms with Gasteiger partial charge in [-0.25, -0.2) is 9.18 Å². The fraction of sp³-hybridized carbons (Fsp3) is 0.500. The van der Waals surface area contributed by atoms with Crippen molar-refractivity contribution < 1.29 is 14.3 Å². The molecule has 1 fully saturated rings. The van der Waals surface area contributed by atoms with Crippen LogP contribution in [0.4, 0.5) is 14.9 Å². The van der Waals surface area contributed by atoms with Crippen LogP contribution in [-0.4, -0.2) is 34.7 Å². The highest BCUT2D eigenvalue weighted by atomic mass is 19.1. The number of likely N-dealkylation sites (tertiary alicyclic amines) is 1. The van der Waals surface area contributed by atoms with Crippen LogP contribution in [0.15, 0.2) is 24.3 Å². The quantitative estimate of drug-likeness (QED) is 0.821. The molecule has 0 aliphatic carbocycles. The monoisotopic (exact) mass is 266 g/mol. The van der Waals surface area contributed by atoms with Gasteiger partial charge in [0, 0.05) is 18.8 Å². The standard InChI is InChI=1S/C14H19FN2O2/c1-14(19)7-2-9-17(10-8-14)13(18)16-12-5-3-11(15)4-6-12/h3-6,19H,2,7-10H2,1H3,(H,16,18). The first-order valence-electron chi connectivity index (χ1n) is 6.50. The maximum atomic E-state index is 12.8. The van der Waals surface area contributed by atoms with Crippen LogP contribution in [-0.2, 0) is 0 Å². The number of rotatable bonds is 1. The van der Waals surface area contributed by atoms with Gasteiger partial charge in [0.1, 0.15) is 5.82 Å². The lowest BCUT2D eigenvalue weighted by Gasteiger charge is -2.22. The molecular weight excluding hydrogens is 247 g/mol. The average Bonchev–Trinajstić information content (AvgIpc) is 2.53. The van der Waals surface area contributed by atoms with Gasteiger partial charge < -0.3 is 15.3 Å². The molecule has 1 aromatic carbocycles. The zero-order valence-corrected chi connectivity index (χ0v) is 11.0. The van der Waals surface area contributed by atoms with Gasteiger partial charge in [0.25, 0.3) is 0 Å². The number of carbonyl (C=O) groups is 1. The first-order chi connectivity index (χ1) is 8.96. The van der Waals surface area contributed by atoms with Crippen molar-refractivity contribution >= 4 is 11.7 Å². The summed E-state index contributed by atoms with van der Waals surface area (Å²) in [6, 6.07) is 5.47. The molecule has 0 aromatic heterocycles. The predicted molar refractivity (Wildman–Crippen MR) is 71.5 cm³/mol. The van der Waals surface area contributed by atoms with Crippen molar-refractivity contribution in [1.82, 2.24) is 4.90 Å². The van der Waals surface area contributed by atoms with E-state index in [1.165, 1.54) is 24.3 Å². The molecule has 1 atom stereocenters. The number of amides is 2. The van der Waals surface area contributed by atoms with E-state index in [1.54, 1.807) is 11.8 Å². The van der Waals surface area contributed by atoms with Gasteiger partial charge in [-0.05, 0) is 50.5 Å². The van der Waals surface area contributed by atoms with Crippen molar-refractivity contribution in [2.45, 2.75) is 31.8 Å². The van der Waals surface area contributed by atoms with E-state index >= 15 is 0 Å². The molecule has 4 nitrogen and oxygen atoms in total. The Morgan fingerprint density at radius 2 is 2.00 bits per heavy atom. The molecule has 1 aromatic rings. The van der Waals surface area contributed by atoms with E-state index < -0.39 is 5.60 Å². The number of halogens is 1. The summed E-state index contributed by atoms with van der Waals surface area (Å²) < 4.78 is 12.8. The molecule has 19 heavy (non-hydrogen) atoms. The van der Waals surface area contributed by atoms with Gasteiger partial charge in [-0.2, -0.15) is 0 Å². The second-order valence-electron chi connectivity index (χ2n) is 5.27. The fourth-order valence-electron chi connectivity index (χ4n) is 2.20. The van der Waals surface area contributed by atoms with Crippen molar-refractivity contribution in [2.75, 3.05) is 18.4 Å². The van der Waals surface area contributed by atoms with E-state index in [2.05, 4.69) is 5.32 Å². The highest BCUT2D eigenvalue weighted by Gasteiger charge is 2.26. The van der Waals surface area contributed by atoms with Crippen LogP contribution in [0, 0.1) is 5.82 Å². The van der Waals surface area contributed by atoms with Crippen molar-refractivity contribution in [1.29, 1.82) is 0 Å². The van der Waals surface area contributed by atoms with E-state index in [0.29, 0.717) is 31.6 Å². The number of hydrogen-bond acceptors (Lipinski definition) is 2. The molecule has 2 N–H and O–H groups in total. The zero-order chi connectivity index (χ0) is 13.9. The summed E-state index contributed by atoms with van der Waals surface area (Å²) in [4.78, 5) is 13.7. The minimum atomic E-state index is -0.690. The smallest absolute Gasteiger partial charge is 0.321 e. The van der Waals surface area contributed by atoms with Gasteiger partial charge in [-0.15, -0.1) is 0 Å². The number of carbonyl (C=O) groups excluding carboxylic acids is 1. The topological polar surface area (TPSA) is 52.6 Å². The average molecular weight is 266 g/mol. The van der Waals surface area contributed by atoms with Crippen LogP contribution >= 0.6 is 0 Å². The molecule has 2 amide bonds. The van der Waals surface area contributed by atoms with Crippen LogP contribution in [0.1, 0.15) is 26.2 Å². The second-order valence-corrected chi connectivity index (χ2v) is 5.27. The van der Waals surface area contributed by atoms with Gasteiger partial charge >= 0.3 is 6.03 Å². The Balaban J connectivity index is 1.94. The first kappa shape index (κ1) is 13.8. The third kappa shape index (κ3) is 3.92. The summed E-state index contributed by atoms with van der Waals surface area (Å²) in [5, 5.41) is 12.7. The number of nitrogens with zero attached hydrogens (tertiary/aromatic N) is 1. The Morgan fingerprint density at radius 1 is 1.32 bits per heavy atom. The number of benzene rings is 1. The molecule has 1 unspecified atom stereocenters. The molecule has 1 saturated heterocycles. The number of hydrogen-bond donors (Lipinski definition) is 2. The Bertz CT molecular complexity index is 445.